The van der Waals surface area contributed by atoms with Crippen LogP contribution < -0.4 is 10.2 Å². The topological polar surface area (TPSA) is 93.2 Å². The molecule has 2 atom stereocenters. The maximum absolute atomic E-state index is 13.7. The van der Waals surface area contributed by atoms with E-state index in [1.54, 1.807) is 0 Å². The average Bonchev–Trinajstić information content (AvgIpc) is 3.61. The second-order valence-corrected chi connectivity index (χ2v) is 10.7. The van der Waals surface area contributed by atoms with Gasteiger partial charge in [-0.2, -0.15) is 0 Å². The Morgan fingerprint density at radius 3 is 2.61 bits per heavy atom. The van der Waals surface area contributed by atoms with E-state index < -0.39 is 11.6 Å². The van der Waals surface area contributed by atoms with Gasteiger partial charge in [0.2, 0.25) is 5.91 Å². The molecular weight excluding hydrogens is 456 g/mol. The first-order chi connectivity index (χ1) is 17.4. The molecule has 6 rings (SSSR count). The molecule has 2 N–H and O–H groups in total. The summed E-state index contributed by atoms with van der Waals surface area (Å²) >= 11 is 0. The summed E-state index contributed by atoms with van der Waals surface area (Å²) in [5.41, 5.74) is 2.79. The zero-order valence-corrected chi connectivity index (χ0v) is 20.5. The molecule has 0 bridgehead atoms. The number of nitrogens with one attached hydrogen (secondary N) is 1. The van der Waals surface area contributed by atoms with Crippen molar-refractivity contribution < 1.29 is 19.5 Å². The number of fused-ring (bicyclic) bond motifs is 2. The summed E-state index contributed by atoms with van der Waals surface area (Å²) in [5.74, 6) is -0.0790. The lowest BCUT2D eigenvalue weighted by Crippen LogP contribution is -2.50. The molecule has 4 aliphatic rings. The van der Waals surface area contributed by atoms with Gasteiger partial charge < -0.3 is 20.2 Å². The van der Waals surface area contributed by atoms with Gasteiger partial charge in [-0.15, -0.1) is 0 Å². The van der Waals surface area contributed by atoms with E-state index in [4.69, 9.17) is 0 Å². The largest absolute Gasteiger partial charge is 0.389 e. The highest BCUT2D eigenvalue weighted by molar-refractivity contribution is 6.10. The third-order valence-electron chi connectivity index (χ3n) is 8.33. The number of imide groups is 1. The fraction of sp³-hybridized carbons (Fsp3) is 0.464. The van der Waals surface area contributed by atoms with E-state index in [0.717, 1.165) is 40.1 Å². The second-order valence-electron chi connectivity index (χ2n) is 10.7. The number of aliphatic hydroxyl groups is 1. The van der Waals surface area contributed by atoms with Crippen LogP contribution in [-0.2, 0) is 28.1 Å². The number of hydrogen-bond donors (Lipinski definition) is 2. The van der Waals surface area contributed by atoms with Crippen molar-refractivity contribution in [3.63, 3.8) is 0 Å². The van der Waals surface area contributed by atoms with Gasteiger partial charge in [0.25, 0.3) is 5.91 Å². The predicted octanol–water partition coefficient (Wildman–Crippen LogP) is 2.39. The SMILES string of the molecule is CC(C1CC1)N(Cc1ccccc1)C(=O)CN1C(=O)NC2(CCc3cc(N4CC(O)C4)ccc32)C1=O. The Bertz CT molecular complexity index is 1210. The smallest absolute Gasteiger partial charge is 0.325 e. The molecule has 36 heavy (non-hydrogen) atoms. The number of nitrogens with zero attached hydrogens (tertiary/aromatic N) is 3. The van der Waals surface area contributed by atoms with E-state index in [1.165, 1.54) is 0 Å². The predicted molar refractivity (Wildman–Crippen MR) is 134 cm³/mol. The molecule has 2 unspecified atom stereocenters. The Morgan fingerprint density at radius 2 is 1.92 bits per heavy atom. The van der Waals surface area contributed by atoms with Crippen LogP contribution in [0.2, 0.25) is 0 Å². The standard InChI is InChI=1S/C28H32N4O4/c1-18(20-7-8-20)31(14-19-5-3-2-4-6-19)25(34)17-32-26(35)28(29-27(32)36)12-11-21-13-22(9-10-24(21)28)30-15-23(33)16-30/h2-6,9-10,13,18,20,23,33H,7-8,11-12,14-17H2,1H3,(H,29,36). The fourth-order valence-corrected chi connectivity index (χ4v) is 5.94. The van der Waals surface area contributed by atoms with Crippen molar-refractivity contribution in [1.82, 2.24) is 15.1 Å². The Hall–Kier alpha value is -3.39. The molecule has 0 radical (unpaired) electrons. The van der Waals surface area contributed by atoms with Crippen molar-refractivity contribution in [2.24, 2.45) is 5.92 Å². The maximum Gasteiger partial charge on any atom is 0.325 e. The number of amides is 4. The third kappa shape index (κ3) is 3.84. The quantitative estimate of drug-likeness (QED) is 0.584. The number of rotatable bonds is 7. The summed E-state index contributed by atoms with van der Waals surface area (Å²) in [4.78, 5) is 45.3. The molecule has 8 nitrogen and oxygen atoms in total. The summed E-state index contributed by atoms with van der Waals surface area (Å²) in [6, 6.07) is 15.3. The van der Waals surface area contributed by atoms with Crippen LogP contribution in [0.15, 0.2) is 48.5 Å². The summed E-state index contributed by atoms with van der Waals surface area (Å²) in [5, 5.41) is 12.6. The van der Waals surface area contributed by atoms with Crippen molar-refractivity contribution in [3.05, 3.63) is 65.2 Å². The van der Waals surface area contributed by atoms with Crippen molar-refractivity contribution in [2.45, 2.75) is 56.8 Å². The highest BCUT2D eigenvalue weighted by atomic mass is 16.3. The van der Waals surface area contributed by atoms with Crippen LogP contribution in [0, 0.1) is 5.92 Å². The molecule has 0 aromatic heterocycles. The van der Waals surface area contributed by atoms with Gasteiger partial charge in [0.15, 0.2) is 0 Å². The number of aryl methyl sites for hydroxylation is 1. The number of carbonyl (C=O) groups excluding carboxylic acids is 3. The highest BCUT2D eigenvalue weighted by Gasteiger charge is 2.56. The van der Waals surface area contributed by atoms with Crippen molar-refractivity contribution in [3.8, 4) is 0 Å². The van der Waals surface area contributed by atoms with Crippen molar-refractivity contribution >= 4 is 23.5 Å². The number of aliphatic hydroxyl groups excluding tert-OH is 1. The van der Waals surface area contributed by atoms with Crippen LogP contribution >= 0.6 is 0 Å². The molecule has 3 fully saturated rings. The number of benzene rings is 2. The summed E-state index contributed by atoms with van der Waals surface area (Å²) in [6.07, 6.45) is 3.06. The first-order valence-electron chi connectivity index (χ1n) is 12.9. The van der Waals surface area contributed by atoms with Crippen molar-refractivity contribution in [2.75, 3.05) is 24.5 Å². The molecule has 2 aromatic carbocycles. The Labute approximate surface area is 210 Å². The van der Waals surface area contributed by atoms with E-state index in [2.05, 4.69) is 23.2 Å². The molecule has 4 amide bonds. The number of carbonyl (C=O) groups is 3. The van der Waals surface area contributed by atoms with E-state index >= 15 is 0 Å². The zero-order chi connectivity index (χ0) is 25.0. The minimum absolute atomic E-state index is 0.0538. The molecule has 2 saturated heterocycles. The summed E-state index contributed by atoms with van der Waals surface area (Å²) in [7, 11) is 0. The number of urea groups is 1. The molecule has 1 saturated carbocycles. The normalized spacial score (nSPS) is 24.1. The van der Waals surface area contributed by atoms with Crippen molar-refractivity contribution in [1.29, 1.82) is 0 Å². The molecule has 2 heterocycles. The molecule has 2 aliphatic heterocycles. The summed E-state index contributed by atoms with van der Waals surface area (Å²) < 4.78 is 0. The molecule has 1 spiro atoms. The van der Waals surface area contributed by atoms with Crippen LogP contribution in [-0.4, -0.2) is 64.5 Å². The fourth-order valence-electron chi connectivity index (χ4n) is 5.94. The lowest BCUT2D eigenvalue weighted by atomic mass is 9.91. The van der Waals surface area contributed by atoms with E-state index in [0.29, 0.717) is 38.4 Å². The van der Waals surface area contributed by atoms with E-state index in [1.807, 2.05) is 47.4 Å². The molecular formula is C28H32N4O4. The number of hydrogen-bond acceptors (Lipinski definition) is 5. The van der Waals surface area contributed by atoms with E-state index in [9.17, 15) is 19.5 Å². The van der Waals surface area contributed by atoms with Crippen LogP contribution in [0.4, 0.5) is 10.5 Å². The van der Waals surface area contributed by atoms with Gasteiger partial charge in [0.05, 0.1) is 6.10 Å². The van der Waals surface area contributed by atoms with Crippen LogP contribution in [0.25, 0.3) is 0 Å². The third-order valence-corrected chi connectivity index (χ3v) is 8.33. The Morgan fingerprint density at radius 1 is 1.17 bits per heavy atom. The first kappa shape index (κ1) is 23.0. The van der Waals surface area contributed by atoms with Gasteiger partial charge in [0, 0.05) is 31.4 Å². The van der Waals surface area contributed by atoms with Gasteiger partial charge in [-0.05, 0) is 67.3 Å². The van der Waals surface area contributed by atoms with Crippen LogP contribution in [0.1, 0.15) is 42.9 Å². The Balaban J connectivity index is 1.21. The first-order valence-corrected chi connectivity index (χ1v) is 12.9. The lowest BCUT2D eigenvalue weighted by molar-refractivity contribution is -0.141. The monoisotopic (exact) mass is 488 g/mol. The van der Waals surface area contributed by atoms with Gasteiger partial charge in [-0.3, -0.25) is 14.5 Å². The van der Waals surface area contributed by atoms with Gasteiger partial charge in [0.1, 0.15) is 12.1 Å². The highest BCUT2D eigenvalue weighted by Crippen LogP contribution is 2.43. The minimum atomic E-state index is -1.11. The molecule has 2 aliphatic carbocycles. The minimum Gasteiger partial charge on any atom is -0.389 e. The second kappa shape index (κ2) is 8.62. The zero-order valence-electron chi connectivity index (χ0n) is 20.5. The Kier molecular flexibility index (Phi) is 5.52. The van der Waals surface area contributed by atoms with Crippen LogP contribution in [0.3, 0.4) is 0 Å². The summed E-state index contributed by atoms with van der Waals surface area (Å²) in [6.45, 7) is 3.48. The van der Waals surface area contributed by atoms with Gasteiger partial charge in [-0.1, -0.05) is 36.4 Å². The van der Waals surface area contributed by atoms with Gasteiger partial charge >= 0.3 is 6.03 Å². The molecule has 8 heteroatoms. The number of anilines is 1. The van der Waals surface area contributed by atoms with Crippen LogP contribution in [0.5, 0.6) is 0 Å². The average molecular weight is 489 g/mol. The maximum atomic E-state index is 13.7. The number of β-amino-alcohol motifs (C(OH)–C–C–N with tert-alkyl or cyclic N) is 1. The van der Waals surface area contributed by atoms with E-state index in [-0.39, 0.29) is 30.5 Å². The lowest BCUT2D eigenvalue weighted by Gasteiger charge is -2.38. The van der Waals surface area contributed by atoms with Gasteiger partial charge in [-0.25, -0.2) is 4.79 Å². The molecule has 2 aromatic rings. The molecule has 188 valence electrons.